The lowest BCUT2D eigenvalue weighted by Crippen LogP contribution is -2.60. The molecule has 0 radical (unpaired) electrons. The average Bonchev–Trinajstić information content (AvgIpc) is 1.71. The third-order valence-corrected chi connectivity index (χ3v) is 29.3. The second kappa shape index (κ2) is 35.8. The molecule has 21 rings (SSSR count). The number of nitrogens with zero attached hydrogens (tertiary/aromatic N) is 18. The number of fused-ring (bicyclic) bond motifs is 18. The molecule has 0 aliphatic carbocycles. The van der Waals surface area contributed by atoms with Crippen molar-refractivity contribution in [3.63, 3.8) is 0 Å². The molecule has 3 saturated heterocycles. The summed E-state index contributed by atoms with van der Waals surface area (Å²) in [6.45, 7) is 43.2. The lowest BCUT2D eigenvalue weighted by Gasteiger charge is -2.49. The Balaban J connectivity index is 0.000000135. The van der Waals surface area contributed by atoms with E-state index in [1.165, 1.54) is 54.7 Å². The number of aromatic nitrogens is 15. The highest BCUT2D eigenvalue weighted by atomic mass is 19.1. The molecule has 3 amide bonds. The molecule has 0 saturated carbocycles. The minimum Gasteiger partial charge on any atom is -0.486 e. The molecule has 15 aromatic rings. The number of piperazine rings is 3. The van der Waals surface area contributed by atoms with Crippen molar-refractivity contribution in [2.75, 3.05) is 60.6 Å². The van der Waals surface area contributed by atoms with Gasteiger partial charge >= 0.3 is 22.6 Å². The van der Waals surface area contributed by atoms with Gasteiger partial charge in [0.15, 0.2) is 5.65 Å². The van der Waals surface area contributed by atoms with Gasteiger partial charge in [-0.25, -0.2) is 42.5 Å². The SMILES string of the molecule is C=CC(=O)N1CC2CCOc3c(c4cc(F)c(-c5c(C)ccc6[nH]c(=O)n(C)c56)nc4n(-c4c(C)ccnc4C(C)C)c3=O)N2CC1C.C=CC(=O)N1CC2CCc3c(c4cc(F)c(-c5c(C)ccc6[nH]c(=O)n(C)c56)nc4n(-c4c(C)ccnc4C(C)C)c3=O)N2CC1C.C=CC(=O)N1CC2Cc3c(c4cc(F)c(-c5c(C)ccc6[nH]c(=O)n(C)c56)nc4n(-c4c(C)ccnc4C(C)C)c3=O)N2CC1C. The number of imidazole rings is 3. The molecule has 18 heterocycles. The van der Waals surface area contributed by atoms with Crippen LogP contribution in [0.2, 0.25) is 0 Å². The molecule has 31 nitrogen and oxygen atoms in total. The van der Waals surface area contributed by atoms with Gasteiger partial charge in [0.25, 0.3) is 11.1 Å². The smallest absolute Gasteiger partial charge is 0.326 e. The summed E-state index contributed by atoms with van der Waals surface area (Å²) < 4.78 is 65.5. The maximum absolute atomic E-state index is 16.8. The predicted molar refractivity (Wildman–Crippen MR) is 543 cm³/mol. The van der Waals surface area contributed by atoms with Crippen LogP contribution < -0.4 is 53.2 Å². The lowest BCUT2D eigenvalue weighted by molar-refractivity contribution is -0.129. The van der Waals surface area contributed by atoms with Crippen molar-refractivity contribution in [3.05, 3.63) is 271 Å². The minimum absolute atomic E-state index is 0.00567. The van der Waals surface area contributed by atoms with Crippen molar-refractivity contribution in [1.82, 2.24) is 87.0 Å². The fourth-order valence-corrected chi connectivity index (χ4v) is 22.3. The Kier molecular flexibility index (Phi) is 24.0. The first-order chi connectivity index (χ1) is 67.3. The van der Waals surface area contributed by atoms with Gasteiger partial charge in [0.05, 0.1) is 103 Å². The van der Waals surface area contributed by atoms with E-state index in [2.05, 4.69) is 59.4 Å². The van der Waals surface area contributed by atoms with Crippen molar-refractivity contribution >= 4 is 101 Å². The Morgan fingerprint density at radius 2 is 0.730 bits per heavy atom. The number of rotatable bonds is 12. The van der Waals surface area contributed by atoms with E-state index in [1.807, 2.05) is 145 Å². The van der Waals surface area contributed by atoms with Crippen LogP contribution in [-0.4, -0.2) is 187 Å². The van der Waals surface area contributed by atoms with E-state index in [9.17, 15) is 43.2 Å². The monoisotopic (exact) mass is 1910 g/mol. The van der Waals surface area contributed by atoms with Crippen LogP contribution in [-0.2, 0) is 48.4 Å². The number of aryl methyl sites for hydroxylation is 9. The van der Waals surface area contributed by atoms with Gasteiger partial charge in [-0.1, -0.05) is 79.5 Å². The molecule has 6 aliphatic rings. The molecular formula is C107H112F3N21O10. The maximum Gasteiger partial charge on any atom is 0.326 e. The van der Waals surface area contributed by atoms with Gasteiger partial charge in [0.1, 0.15) is 45.8 Å². The number of hydrogen-bond donors (Lipinski definition) is 3. The van der Waals surface area contributed by atoms with Crippen molar-refractivity contribution in [1.29, 1.82) is 0 Å². The summed E-state index contributed by atoms with van der Waals surface area (Å²) in [5.41, 5.74) is 15.4. The van der Waals surface area contributed by atoms with Crippen molar-refractivity contribution in [2.45, 2.75) is 184 Å². The zero-order valence-corrected chi connectivity index (χ0v) is 82.3. The van der Waals surface area contributed by atoms with E-state index in [0.717, 1.165) is 39.2 Å². The summed E-state index contributed by atoms with van der Waals surface area (Å²) >= 11 is 0. The number of hydrogen-bond acceptors (Lipinski definition) is 19. The molecule has 12 aromatic heterocycles. The van der Waals surface area contributed by atoms with Crippen molar-refractivity contribution < 1.29 is 32.3 Å². The number of amides is 3. The molecule has 6 unspecified atom stereocenters. The van der Waals surface area contributed by atoms with Crippen molar-refractivity contribution in [3.8, 4) is 56.6 Å². The first kappa shape index (κ1) is 94.6. The number of benzene rings is 3. The number of carbonyl (C=O) groups is 3. The van der Waals surface area contributed by atoms with Crippen LogP contribution in [0.4, 0.5) is 30.2 Å². The van der Waals surface area contributed by atoms with Gasteiger partial charge in [-0.05, 0) is 199 Å². The average molecular weight is 1910 g/mol. The molecule has 3 fully saturated rings. The Morgan fingerprint density at radius 3 is 1.09 bits per heavy atom. The van der Waals surface area contributed by atoms with E-state index in [4.69, 9.17) is 24.7 Å². The first-order valence-electron chi connectivity index (χ1n) is 47.8. The summed E-state index contributed by atoms with van der Waals surface area (Å²) in [6, 6.07) is 19.9. The Labute approximate surface area is 808 Å². The van der Waals surface area contributed by atoms with E-state index in [0.29, 0.717) is 199 Å². The third-order valence-electron chi connectivity index (χ3n) is 29.3. The van der Waals surface area contributed by atoms with Crippen LogP contribution in [0.5, 0.6) is 5.75 Å². The number of carbonyl (C=O) groups excluding carboxylic acids is 3. The molecular weight excluding hydrogens is 1800 g/mol. The van der Waals surface area contributed by atoms with Crippen LogP contribution in [0.3, 0.4) is 0 Å². The molecule has 0 bridgehead atoms. The lowest BCUT2D eigenvalue weighted by atomic mass is 9.91. The fourth-order valence-electron chi connectivity index (χ4n) is 22.3. The normalized spacial score (nSPS) is 17.7. The van der Waals surface area contributed by atoms with Gasteiger partial charge < -0.3 is 49.1 Å². The highest BCUT2D eigenvalue weighted by Gasteiger charge is 2.46. The molecule has 6 atom stereocenters. The van der Waals surface area contributed by atoms with Gasteiger partial charge in [-0.15, -0.1) is 0 Å². The van der Waals surface area contributed by atoms with E-state index >= 15 is 13.2 Å². The van der Waals surface area contributed by atoms with Crippen LogP contribution in [0.25, 0.3) is 117 Å². The van der Waals surface area contributed by atoms with Crippen LogP contribution in [0.15, 0.2) is 158 Å². The predicted octanol–water partition coefficient (Wildman–Crippen LogP) is 14.6. The zero-order valence-electron chi connectivity index (χ0n) is 82.3. The zero-order chi connectivity index (χ0) is 100. The van der Waals surface area contributed by atoms with Gasteiger partial charge in [-0.3, -0.25) is 71.1 Å². The summed E-state index contributed by atoms with van der Waals surface area (Å²) in [6.07, 6.45) is 11.2. The Morgan fingerprint density at radius 1 is 0.411 bits per heavy atom. The summed E-state index contributed by atoms with van der Waals surface area (Å²) in [5, 5.41) is 1.44. The highest BCUT2D eigenvalue weighted by molar-refractivity contribution is 6.03. The standard InChI is InChI=1S/C36H38FN7O4.C36H38FN7O3.C35H36FN7O3/c1-8-26(45)42-17-22-12-14-48-33-31(43(22)16-21(42)6)23-15-24(37)29(27-19(4)9-10-25-32(27)41(7)36(47)39-25)40-34(23)44(35(33)46)30-20(5)11-13-38-28(30)18(2)3;1-8-27(45)42-17-22-10-11-23-32(43(22)16-21(42)6)24-15-25(37)30(28-19(4)9-12-26-33(28)41(7)36(47)39-26)40-34(24)44(35(23)46)31-20(5)13-14-38-29(31)18(2)3;1-8-26(44)41-16-21-13-23-31(42(21)15-20(41)6)22-14-24(36)29(27-18(4)9-10-25-32(27)40(7)35(46)38-25)39-33(22)43(34(23)45)30-19(5)11-12-37-28(30)17(2)3/h8-11,13,15,18,21-22H,1,12,14,16-17H2,2-7H3,(H,39,47);8-9,12-15,18,21-22H,1,10-11,16-17H2,2-7H3,(H,39,47);8-12,14,17,20-21H,1,13,15-16H2,2-7H3,(H,38,46). The third kappa shape index (κ3) is 15.2. The largest absolute Gasteiger partial charge is 0.486 e. The van der Waals surface area contributed by atoms with Crippen LogP contribution in [0.1, 0.15) is 154 Å². The van der Waals surface area contributed by atoms with Gasteiger partial charge in [0, 0.05) is 160 Å². The number of nitrogens with one attached hydrogen (secondary N) is 3. The first-order valence-corrected chi connectivity index (χ1v) is 47.8. The molecule has 0 spiro atoms. The van der Waals surface area contributed by atoms with E-state index in [-0.39, 0.29) is 135 Å². The Bertz CT molecular complexity index is 8310. The summed E-state index contributed by atoms with van der Waals surface area (Å²) in [4.78, 5) is 170. The number of pyridine rings is 9. The van der Waals surface area contributed by atoms with Crippen molar-refractivity contribution in [2.24, 2.45) is 21.1 Å². The Hall–Kier alpha value is -15.4. The number of halogens is 3. The quantitative estimate of drug-likeness (QED) is 0.0957. The summed E-state index contributed by atoms with van der Waals surface area (Å²) in [7, 11) is 4.90. The van der Waals surface area contributed by atoms with E-state index in [1.54, 1.807) is 76.9 Å². The second-order valence-corrected chi connectivity index (χ2v) is 39.2. The van der Waals surface area contributed by atoms with Gasteiger partial charge in [0.2, 0.25) is 23.5 Å². The molecule has 141 heavy (non-hydrogen) atoms. The highest BCUT2D eigenvalue weighted by Crippen LogP contribution is 2.48. The molecule has 726 valence electrons. The second-order valence-electron chi connectivity index (χ2n) is 39.2. The number of anilines is 3. The van der Waals surface area contributed by atoms with E-state index < -0.39 is 23.0 Å². The molecule has 3 aromatic carbocycles. The fraction of sp³-hybridized carbons (Fsp3) is 0.355. The molecule has 3 N–H and O–H groups in total. The molecule has 34 heteroatoms. The van der Waals surface area contributed by atoms with Crippen LogP contribution in [0, 0.1) is 59.0 Å². The maximum atomic E-state index is 16.8. The number of H-pyrrole nitrogens is 3. The topological polar surface area (TPSA) is 337 Å². The minimum atomic E-state index is -0.611. The molecule has 6 aliphatic heterocycles. The van der Waals surface area contributed by atoms with Crippen LogP contribution >= 0.6 is 0 Å². The summed E-state index contributed by atoms with van der Waals surface area (Å²) in [5.74, 6) is -2.13. The number of aromatic amines is 3. The number of ether oxygens (including phenoxy) is 1. The van der Waals surface area contributed by atoms with Gasteiger partial charge in [-0.2, -0.15) is 0 Å².